The summed E-state index contributed by atoms with van der Waals surface area (Å²) in [5.41, 5.74) is 5.00. The maximum Gasteiger partial charge on any atom is 0.271 e. The molecular formula is C27H34N6O. The Morgan fingerprint density at radius 2 is 1.82 bits per heavy atom. The molecule has 1 aliphatic carbocycles. The Kier molecular flexibility index (Phi) is 5.88. The van der Waals surface area contributed by atoms with Crippen LogP contribution in [0, 0.1) is 6.92 Å². The summed E-state index contributed by atoms with van der Waals surface area (Å²) in [7, 11) is 0. The minimum Gasteiger partial charge on any atom is -0.382 e. The van der Waals surface area contributed by atoms with Crippen molar-refractivity contribution >= 4 is 28.7 Å². The van der Waals surface area contributed by atoms with E-state index in [1.165, 1.54) is 10.9 Å². The molecule has 2 N–H and O–H groups in total. The number of anilines is 1. The van der Waals surface area contributed by atoms with Crippen molar-refractivity contribution in [2.75, 3.05) is 11.9 Å². The monoisotopic (exact) mass is 458 g/mol. The third-order valence-corrected chi connectivity index (χ3v) is 6.87. The molecule has 1 amide bonds. The first-order valence-corrected chi connectivity index (χ1v) is 12.3. The highest BCUT2D eigenvalue weighted by atomic mass is 16.2. The van der Waals surface area contributed by atoms with Crippen LogP contribution in [-0.4, -0.2) is 45.3 Å². The molecule has 0 saturated heterocycles. The summed E-state index contributed by atoms with van der Waals surface area (Å²) >= 11 is 0. The van der Waals surface area contributed by atoms with Crippen molar-refractivity contribution < 1.29 is 4.79 Å². The lowest BCUT2D eigenvalue weighted by Gasteiger charge is -2.31. The van der Waals surface area contributed by atoms with Crippen LogP contribution in [0.2, 0.25) is 0 Å². The maximum atomic E-state index is 12.8. The third kappa shape index (κ3) is 4.69. The zero-order valence-corrected chi connectivity index (χ0v) is 20.6. The number of nitrogens with zero attached hydrogens (tertiary/aromatic N) is 4. The Hall–Kier alpha value is -3.22. The Balaban J connectivity index is 1.25. The van der Waals surface area contributed by atoms with Gasteiger partial charge in [-0.15, -0.1) is 0 Å². The third-order valence-electron chi connectivity index (χ3n) is 6.87. The van der Waals surface area contributed by atoms with Gasteiger partial charge in [-0.25, -0.2) is 4.98 Å². The quantitative estimate of drug-likeness (QED) is 0.597. The molecule has 1 aromatic carbocycles. The van der Waals surface area contributed by atoms with Gasteiger partial charge in [0.1, 0.15) is 5.69 Å². The molecule has 0 radical (unpaired) electrons. The topological polar surface area (TPSA) is 84.2 Å². The number of hydrogen-bond acceptors (Lipinski definition) is 5. The van der Waals surface area contributed by atoms with Crippen molar-refractivity contribution in [2.45, 2.75) is 77.4 Å². The van der Waals surface area contributed by atoms with Gasteiger partial charge in [-0.05, 0) is 50.8 Å². The molecule has 0 atom stereocenters. The van der Waals surface area contributed by atoms with E-state index in [1.807, 2.05) is 10.8 Å². The zero-order chi connectivity index (χ0) is 23.9. The lowest BCUT2D eigenvalue weighted by atomic mass is 9.89. The molecule has 2 aliphatic rings. The van der Waals surface area contributed by atoms with Gasteiger partial charge in [-0.3, -0.25) is 14.8 Å². The maximum absolute atomic E-state index is 12.8. The molecule has 2 aromatic heterocycles. The summed E-state index contributed by atoms with van der Waals surface area (Å²) in [6, 6.07) is 9.25. The zero-order valence-electron chi connectivity index (χ0n) is 20.6. The van der Waals surface area contributed by atoms with E-state index in [9.17, 15) is 4.79 Å². The fourth-order valence-electron chi connectivity index (χ4n) is 4.84. The summed E-state index contributed by atoms with van der Waals surface area (Å²) in [6.45, 7) is 10.3. The fraction of sp³-hybridized carbons (Fsp3) is 0.481. The normalized spacial score (nSPS) is 20.2. The molecular weight excluding hydrogens is 424 g/mol. The van der Waals surface area contributed by atoms with Crippen LogP contribution >= 0.6 is 0 Å². The van der Waals surface area contributed by atoms with E-state index < -0.39 is 0 Å². The van der Waals surface area contributed by atoms with E-state index in [0.717, 1.165) is 61.5 Å². The minimum absolute atomic E-state index is 0.0182. The number of carbonyl (C=O) groups excluding carboxylic acids is 1. The van der Waals surface area contributed by atoms with Gasteiger partial charge >= 0.3 is 0 Å². The number of rotatable bonds is 4. The second-order valence-electron chi connectivity index (χ2n) is 10.7. The molecule has 34 heavy (non-hydrogen) atoms. The Bertz CT molecular complexity index is 1240. The van der Waals surface area contributed by atoms with Gasteiger partial charge in [0, 0.05) is 47.0 Å². The van der Waals surface area contributed by atoms with Crippen LogP contribution in [0.25, 0.3) is 10.9 Å². The molecule has 0 unspecified atom stereocenters. The smallest absolute Gasteiger partial charge is 0.271 e. The van der Waals surface area contributed by atoms with Crippen LogP contribution in [0.5, 0.6) is 0 Å². The van der Waals surface area contributed by atoms with Crippen molar-refractivity contribution in [1.82, 2.24) is 19.9 Å². The van der Waals surface area contributed by atoms with Gasteiger partial charge in [0.25, 0.3) is 5.91 Å². The lowest BCUT2D eigenvalue weighted by molar-refractivity contribution is 0.0922. The van der Waals surface area contributed by atoms with Crippen LogP contribution in [-0.2, 0) is 12.0 Å². The molecule has 7 heteroatoms. The van der Waals surface area contributed by atoms with E-state index in [4.69, 9.17) is 4.98 Å². The lowest BCUT2D eigenvalue weighted by Crippen LogP contribution is -2.40. The summed E-state index contributed by atoms with van der Waals surface area (Å²) in [5, 5.41) is 8.19. The summed E-state index contributed by atoms with van der Waals surface area (Å²) < 4.78 is 2.00. The van der Waals surface area contributed by atoms with Gasteiger partial charge in [-0.2, -0.15) is 0 Å². The average Bonchev–Trinajstić information content (AvgIpc) is 3.24. The number of pyridine rings is 1. The van der Waals surface area contributed by atoms with E-state index in [-0.39, 0.29) is 17.4 Å². The first-order chi connectivity index (χ1) is 16.3. The van der Waals surface area contributed by atoms with E-state index >= 15 is 0 Å². The van der Waals surface area contributed by atoms with Crippen LogP contribution in [0.4, 0.5) is 5.69 Å². The minimum atomic E-state index is -0.0860. The standard InChI is InChI=1S/C27H34N6O/c1-17-5-10-21-20(13-17)22(14-24(31-21)27(2,3)4)29-18-6-8-19(9-7-18)30-26(34)23-16-33-12-11-28-15-25(33)32-23/h5,10,13-16,18-19H,6-9,11-12H2,1-4H3,(H,29,31)(H,30,34). The molecule has 3 heterocycles. The largest absolute Gasteiger partial charge is 0.382 e. The van der Waals surface area contributed by atoms with Crippen LogP contribution in [0.15, 0.2) is 35.5 Å². The second kappa shape index (κ2) is 8.85. The Morgan fingerprint density at radius 1 is 1.06 bits per heavy atom. The predicted octanol–water partition coefficient (Wildman–Crippen LogP) is 4.62. The molecule has 1 aliphatic heterocycles. The molecule has 0 bridgehead atoms. The molecule has 7 nitrogen and oxygen atoms in total. The van der Waals surface area contributed by atoms with Gasteiger partial charge in [-0.1, -0.05) is 32.4 Å². The molecule has 5 rings (SSSR count). The first kappa shape index (κ1) is 22.6. The first-order valence-electron chi connectivity index (χ1n) is 12.3. The fourth-order valence-corrected chi connectivity index (χ4v) is 4.84. The number of hydrogen-bond donors (Lipinski definition) is 2. The second-order valence-corrected chi connectivity index (χ2v) is 10.7. The van der Waals surface area contributed by atoms with Crippen molar-refractivity contribution in [1.29, 1.82) is 0 Å². The Labute approximate surface area is 201 Å². The molecule has 0 spiro atoms. The van der Waals surface area contributed by atoms with Crippen molar-refractivity contribution in [3.8, 4) is 0 Å². The summed E-state index contributed by atoms with van der Waals surface area (Å²) in [5.74, 6) is 0.677. The van der Waals surface area contributed by atoms with Crippen LogP contribution < -0.4 is 10.6 Å². The van der Waals surface area contributed by atoms with Crippen molar-refractivity contribution in [2.24, 2.45) is 4.99 Å². The summed E-state index contributed by atoms with van der Waals surface area (Å²) in [4.78, 5) is 26.4. The number of imidazole rings is 1. The summed E-state index contributed by atoms with van der Waals surface area (Å²) in [6.07, 6.45) is 7.51. The van der Waals surface area contributed by atoms with Gasteiger partial charge in [0.15, 0.2) is 5.82 Å². The van der Waals surface area contributed by atoms with Gasteiger partial charge < -0.3 is 15.2 Å². The number of carbonyl (C=O) groups is 1. The number of aromatic nitrogens is 3. The number of aliphatic imine (C=N–C) groups is 1. The van der Waals surface area contributed by atoms with Crippen molar-refractivity contribution in [3.63, 3.8) is 0 Å². The Morgan fingerprint density at radius 3 is 2.56 bits per heavy atom. The number of fused-ring (bicyclic) bond motifs is 2. The number of benzene rings is 1. The van der Waals surface area contributed by atoms with Crippen molar-refractivity contribution in [3.05, 3.63) is 53.2 Å². The highest BCUT2D eigenvalue weighted by Crippen LogP contribution is 2.32. The number of aryl methyl sites for hydroxylation is 1. The molecule has 1 fully saturated rings. The number of amides is 1. The highest BCUT2D eigenvalue weighted by Gasteiger charge is 2.25. The molecule has 3 aromatic rings. The SMILES string of the molecule is Cc1ccc2nc(C(C)(C)C)cc(NC3CCC(NC(=O)c4cn5c(n4)C=NCC5)CC3)c2c1. The van der Waals surface area contributed by atoms with E-state index in [0.29, 0.717) is 11.7 Å². The molecule has 1 saturated carbocycles. The van der Waals surface area contributed by atoms with Crippen LogP contribution in [0.3, 0.4) is 0 Å². The average molecular weight is 459 g/mol. The van der Waals surface area contributed by atoms with Gasteiger partial charge in [0.2, 0.25) is 0 Å². The predicted molar refractivity (Wildman–Crippen MR) is 137 cm³/mol. The van der Waals surface area contributed by atoms with Gasteiger partial charge in [0.05, 0.1) is 18.3 Å². The van der Waals surface area contributed by atoms with Crippen LogP contribution in [0.1, 0.15) is 74.0 Å². The molecule has 178 valence electrons. The van der Waals surface area contributed by atoms with E-state index in [2.05, 4.69) is 72.6 Å². The van der Waals surface area contributed by atoms with E-state index in [1.54, 1.807) is 6.21 Å². The number of nitrogens with one attached hydrogen (secondary N) is 2. The highest BCUT2D eigenvalue weighted by molar-refractivity contribution is 5.94.